The van der Waals surface area contributed by atoms with E-state index >= 15 is 0 Å². The standard InChI is InChI=1S/C15H18F3N5O3/c1-22-8-5-19-11(12(22)24)23-6-3-14(25-2,4-7-23)13-20-10(21-26-13)9-15(16,17)18/h5,8H,3-4,6-7,9H2,1-2H3. The summed E-state index contributed by atoms with van der Waals surface area (Å²) in [6.45, 7) is 0.828. The molecule has 11 heteroatoms. The Morgan fingerprint density at radius 3 is 2.65 bits per heavy atom. The Morgan fingerprint density at radius 1 is 1.35 bits per heavy atom. The van der Waals surface area contributed by atoms with Gasteiger partial charge in [-0.3, -0.25) is 4.79 Å². The maximum Gasteiger partial charge on any atom is 0.396 e. The molecule has 0 amide bonds. The van der Waals surface area contributed by atoms with Gasteiger partial charge in [0.25, 0.3) is 11.4 Å². The average molecular weight is 373 g/mol. The normalized spacial score (nSPS) is 17.5. The Kier molecular flexibility index (Phi) is 4.74. The van der Waals surface area contributed by atoms with Crippen LogP contribution in [0.3, 0.4) is 0 Å². The fraction of sp³-hybridized carbons (Fsp3) is 0.600. The predicted octanol–water partition coefficient (Wildman–Crippen LogP) is 1.41. The smallest absolute Gasteiger partial charge is 0.368 e. The van der Waals surface area contributed by atoms with Gasteiger partial charge in [-0.15, -0.1) is 0 Å². The molecule has 0 aliphatic carbocycles. The molecule has 3 rings (SSSR count). The highest BCUT2D eigenvalue weighted by Crippen LogP contribution is 2.36. The Hall–Kier alpha value is -2.43. The van der Waals surface area contributed by atoms with Gasteiger partial charge in [-0.05, 0) is 0 Å². The fourth-order valence-electron chi connectivity index (χ4n) is 2.98. The van der Waals surface area contributed by atoms with Gasteiger partial charge in [0.05, 0.1) is 0 Å². The van der Waals surface area contributed by atoms with E-state index in [4.69, 9.17) is 9.26 Å². The molecule has 142 valence electrons. The third kappa shape index (κ3) is 3.57. The lowest BCUT2D eigenvalue weighted by Crippen LogP contribution is -2.46. The maximum atomic E-state index is 12.5. The zero-order chi connectivity index (χ0) is 18.9. The second kappa shape index (κ2) is 6.71. The first-order valence-corrected chi connectivity index (χ1v) is 7.96. The van der Waals surface area contributed by atoms with Crippen LogP contribution in [0.4, 0.5) is 19.0 Å². The van der Waals surface area contributed by atoms with Crippen molar-refractivity contribution in [3.63, 3.8) is 0 Å². The number of anilines is 1. The Balaban J connectivity index is 1.77. The number of aromatic nitrogens is 4. The van der Waals surface area contributed by atoms with E-state index < -0.39 is 24.0 Å². The largest absolute Gasteiger partial charge is 0.396 e. The number of rotatable bonds is 4. The highest BCUT2D eigenvalue weighted by atomic mass is 19.4. The third-order valence-electron chi connectivity index (χ3n) is 4.48. The molecule has 8 nitrogen and oxygen atoms in total. The number of piperidine rings is 1. The zero-order valence-corrected chi connectivity index (χ0v) is 14.3. The van der Waals surface area contributed by atoms with Crippen molar-refractivity contribution in [1.29, 1.82) is 0 Å². The summed E-state index contributed by atoms with van der Waals surface area (Å²) in [4.78, 5) is 22.0. The summed E-state index contributed by atoms with van der Waals surface area (Å²) in [5, 5.41) is 3.41. The van der Waals surface area contributed by atoms with E-state index in [9.17, 15) is 18.0 Å². The van der Waals surface area contributed by atoms with Crippen LogP contribution in [-0.4, -0.2) is 46.1 Å². The van der Waals surface area contributed by atoms with Gasteiger partial charge in [-0.25, -0.2) is 4.98 Å². The minimum absolute atomic E-state index is 0.0211. The Labute approximate surface area is 146 Å². The number of alkyl halides is 3. The number of hydrogen-bond acceptors (Lipinski definition) is 7. The molecule has 1 fully saturated rings. The lowest BCUT2D eigenvalue weighted by atomic mass is 9.91. The molecule has 0 N–H and O–H groups in total. The summed E-state index contributed by atoms with van der Waals surface area (Å²) in [5.74, 6) is -0.0826. The summed E-state index contributed by atoms with van der Waals surface area (Å²) in [6.07, 6.45) is -1.82. The molecule has 2 aromatic rings. The summed E-state index contributed by atoms with van der Waals surface area (Å²) in [7, 11) is 3.08. The molecule has 1 aliphatic heterocycles. The molecule has 0 saturated carbocycles. The van der Waals surface area contributed by atoms with E-state index in [0.717, 1.165) is 0 Å². The summed E-state index contributed by atoms with van der Waals surface area (Å²) in [6, 6.07) is 0. The first-order valence-electron chi connectivity index (χ1n) is 7.96. The molecule has 26 heavy (non-hydrogen) atoms. The summed E-state index contributed by atoms with van der Waals surface area (Å²) < 4.78 is 49.5. The van der Waals surface area contributed by atoms with Crippen molar-refractivity contribution in [2.45, 2.75) is 31.0 Å². The highest BCUT2D eigenvalue weighted by molar-refractivity contribution is 5.36. The van der Waals surface area contributed by atoms with E-state index in [-0.39, 0.29) is 11.4 Å². The first-order chi connectivity index (χ1) is 12.2. The predicted molar refractivity (Wildman–Crippen MR) is 83.7 cm³/mol. The Bertz CT molecular complexity index is 824. The van der Waals surface area contributed by atoms with Crippen molar-refractivity contribution in [3.8, 4) is 0 Å². The first kappa shape index (κ1) is 18.4. The van der Waals surface area contributed by atoms with Gasteiger partial charge in [0.1, 0.15) is 12.0 Å². The molecule has 3 heterocycles. The summed E-state index contributed by atoms with van der Waals surface area (Å²) >= 11 is 0. The topological polar surface area (TPSA) is 86.3 Å². The van der Waals surface area contributed by atoms with Gasteiger partial charge < -0.3 is 18.7 Å². The van der Waals surface area contributed by atoms with Crippen LogP contribution in [0.25, 0.3) is 0 Å². The van der Waals surface area contributed by atoms with E-state index in [1.807, 2.05) is 4.90 Å². The minimum Gasteiger partial charge on any atom is -0.368 e. The van der Waals surface area contributed by atoms with Crippen LogP contribution in [0.15, 0.2) is 21.7 Å². The van der Waals surface area contributed by atoms with Gasteiger partial charge in [0, 0.05) is 52.5 Å². The van der Waals surface area contributed by atoms with Gasteiger partial charge in [0.2, 0.25) is 0 Å². The van der Waals surface area contributed by atoms with Crippen LogP contribution in [0, 0.1) is 0 Å². The van der Waals surface area contributed by atoms with Crippen molar-refractivity contribution in [2.24, 2.45) is 7.05 Å². The molecule has 0 spiro atoms. The zero-order valence-electron chi connectivity index (χ0n) is 14.3. The number of aryl methyl sites for hydroxylation is 1. The van der Waals surface area contributed by atoms with Crippen LogP contribution < -0.4 is 10.5 Å². The second-order valence-electron chi connectivity index (χ2n) is 6.16. The monoisotopic (exact) mass is 373 g/mol. The minimum atomic E-state index is -4.41. The molecule has 0 atom stereocenters. The van der Waals surface area contributed by atoms with Crippen molar-refractivity contribution < 1.29 is 22.4 Å². The third-order valence-corrected chi connectivity index (χ3v) is 4.48. The van der Waals surface area contributed by atoms with Crippen LogP contribution in [-0.2, 0) is 23.8 Å². The van der Waals surface area contributed by atoms with E-state index in [0.29, 0.717) is 31.7 Å². The number of ether oxygens (including phenoxy) is 1. The van der Waals surface area contributed by atoms with E-state index in [1.165, 1.54) is 17.9 Å². The van der Waals surface area contributed by atoms with Gasteiger partial charge in [0.15, 0.2) is 11.6 Å². The second-order valence-corrected chi connectivity index (χ2v) is 6.16. The molecular weight excluding hydrogens is 355 g/mol. The number of hydrogen-bond donors (Lipinski definition) is 0. The molecule has 1 saturated heterocycles. The SMILES string of the molecule is COC1(c2nc(CC(F)(F)F)no2)CCN(c2nccn(C)c2=O)CC1. The molecule has 0 unspecified atom stereocenters. The maximum absolute atomic E-state index is 12.5. The number of nitrogens with zero attached hydrogens (tertiary/aromatic N) is 5. The fourth-order valence-corrected chi connectivity index (χ4v) is 2.98. The van der Waals surface area contributed by atoms with Gasteiger partial charge in [-0.2, -0.15) is 18.2 Å². The molecule has 0 bridgehead atoms. The van der Waals surface area contributed by atoms with Crippen LogP contribution in [0.2, 0.25) is 0 Å². The van der Waals surface area contributed by atoms with Gasteiger partial charge >= 0.3 is 6.18 Å². The Morgan fingerprint density at radius 2 is 2.04 bits per heavy atom. The number of halogens is 3. The van der Waals surface area contributed by atoms with Crippen molar-refractivity contribution in [1.82, 2.24) is 19.7 Å². The highest BCUT2D eigenvalue weighted by Gasteiger charge is 2.43. The summed E-state index contributed by atoms with van der Waals surface area (Å²) in [5.41, 5.74) is -1.20. The van der Waals surface area contributed by atoms with Gasteiger partial charge in [-0.1, -0.05) is 5.16 Å². The van der Waals surface area contributed by atoms with E-state index in [1.54, 1.807) is 13.2 Å². The average Bonchev–Trinajstić information content (AvgIpc) is 3.05. The quantitative estimate of drug-likeness (QED) is 0.801. The number of methoxy groups -OCH3 is 1. The van der Waals surface area contributed by atoms with Crippen molar-refractivity contribution in [2.75, 3.05) is 25.1 Å². The molecule has 0 radical (unpaired) electrons. The van der Waals surface area contributed by atoms with Crippen LogP contribution >= 0.6 is 0 Å². The molecule has 0 aromatic carbocycles. The molecular formula is C15H18F3N5O3. The van der Waals surface area contributed by atoms with Crippen molar-refractivity contribution >= 4 is 5.82 Å². The lowest BCUT2D eigenvalue weighted by Gasteiger charge is -2.38. The molecule has 1 aliphatic rings. The van der Waals surface area contributed by atoms with Crippen LogP contribution in [0.5, 0.6) is 0 Å². The van der Waals surface area contributed by atoms with Crippen LogP contribution in [0.1, 0.15) is 24.6 Å². The van der Waals surface area contributed by atoms with Crippen molar-refractivity contribution in [3.05, 3.63) is 34.5 Å². The van der Waals surface area contributed by atoms with E-state index in [2.05, 4.69) is 15.1 Å². The molecule has 2 aromatic heterocycles. The lowest BCUT2D eigenvalue weighted by molar-refractivity contribution is -0.128.